The predicted octanol–water partition coefficient (Wildman–Crippen LogP) is 7.55. The molecule has 0 atom stereocenters. The first kappa shape index (κ1) is 31.2. The van der Waals surface area contributed by atoms with Gasteiger partial charge in [0.2, 0.25) is 7.98 Å². The number of rotatable bonds is 5. The molecule has 0 aliphatic carbocycles. The van der Waals surface area contributed by atoms with E-state index in [4.69, 9.17) is 17.7 Å². The van der Waals surface area contributed by atoms with Crippen LogP contribution in [0.1, 0.15) is 22.3 Å². The molecule has 3 heterocycles. The largest absolute Gasteiger partial charge is 0.472 e. The van der Waals surface area contributed by atoms with Gasteiger partial charge in [0.05, 0.1) is 0 Å². The lowest BCUT2D eigenvalue weighted by Crippen LogP contribution is -2.29. The van der Waals surface area contributed by atoms with Gasteiger partial charge in [-0.15, -0.1) is 0 Å². The maximum absolute atomic E-state index is 14.8. The lowest BCUT2D eigenvalue weighted by Gasteiger charge is -2.20. The summed E-state index contributed by atoms with van der Waals surface area (Å²) in [7, 11) is 7.98. The molecule has 8 rings (SSSR count). The summed E-state index contributed by atoms with van der Waals surface area (Å²) < 4.78 is 94.2. The van der Waals surface area contributed by atoms with Crippen LogP contribution in [0.15, 0.2) is 93.8 Å². The number of amidine groups is 3. The quantitative estimate of drug-likeness (QED) is 0.151. The molecule has 1 N–H and O–H groups in total. The van der Waals surface area contributed by atoms with E-state index in [-0.39, 0.29) is 69.9 Å². The topological polar surface area (TPSA) is 66.5 Å². The van der Waals surface area contributed by atoms with Gasteiger partial charge in [0.25, 0.3) is 0 Å². The Morgan fingerprint density at radius 2 is 1.26 bits per heavy atom. The van der Waals surface area contributed by atoms with Crippen LogP contribution in [-0.4, -0.2) is 48.6 Å². The number of hydrogen-bond acceptors (Lipinski definition) is 4. The van der Waals surface area contributed by atoms with Crippen LogP contribution in [-0.2, 0) is 6.54 Å². The molecule has 2 aliphatic heterocycles. The summed E-state index contributed by atoms with van der Waals surface area (Å²) in [4.78, 5) is 14.9. The first-order valence-electron chi connectivity index (χ1n) is 15.1. The average molecular weight is 678 g/mol. The maximum atomic E-state index is 14.8. The van der Waals surface area contributed by atoms with E-state index >= 15 is 0 Å². The highest BCUT2D eigenvalue weighted by Crippen LogP contribution is 2.40. The van der Waals surface area contributed by atoms with Crippen molar-refractivity contribution >= 4 is 58.7 Å². The summed E-state index contributed by atoms with van der Waals surface area (Å²) in [6, 6.07) is 18.8. The van der Waals surface area contributed by atoms with Gasteiger partial charge in [-0.2, -0.15) is 0 Å². The first-order valence-corrected chi connectivity index (χ1v) is 15.1. The van der Waals surface area contributed by atoms with Crippen molar-refractivity contribution in [1.82, 2.24) is 14.7 Å². The van der Waals surface area contributed by atoms with Gasteiger partial charge in [-0.3, -0.25) is 4.99 Å². The van der Waals surface area contributed by atoms with Crippen molar-refractivity contribution in [2.45, 2.75) is 6.54 Å². The summed E-state index contributed by atoms with van der Waals surface area (Å²) in [6.07, 6.45) is 0. The number of hydrogen-bond donors (Lipinski definition) is 1. The van der Waals surface area contributed by atoms with Gasteiger partial charge >= 0.3 is 0 Å². The fourth-order valence-electron chi connectivity index (χ4n) is 6.25. The predicted molar refractivity (Wildman–Crippen MR) is 179 cm³/mol. The van der Waals surface area contributed by atoms with E-state index in [1.54, 1.807) is 11.0 Å². The number of ether oxygens (including phenoxy) is 1. The zero-order valence-electron chi connectivity index (χ0n) is 25.9. The number of aromatic nitrogens is 1. The zero-order valence-corrected chi connectivity index (χ0v) is 25.9. The molecule has 0 spiro atoms. The molecular formula is C36H21BF6N6O. The van der Waals surface area contributed by atoms with Crippen LogP contribution < -0.4 is 10.1 Å². The third-order valence-corrected chi connectivity index (χ3v) is 8.63. The summed E-state index contributed by atoms with van der Waals surface area (Å²) in [6.45, 7) is -0.0481. The zero-order chi connectivity index (χ0) is 34.8. The lowest BCUT2D eigenvalue weighted by atomic mass is 10.1. The van der Waals surface area contributed by atoms with Crippen molar-refractivity contribution < 1.29 is 31.1 Å². The standard InChI is InChI=1S/C36H21BF6N6O/c1-44-32-21-11-27(40)28(41)12-22(21)33(45-32)46-35-23-13-29(42)30(43)14-24(23)36(49(35)37)47-34-20-10-26(39)25(38)9-18(20)15-48(34)16-50-31-8-4-6-17-5-2-3-7-19(17)31/h2-14H,15-16H2,1H3,(H,44,45,46). The molecule has 0 amide bonds. The summed E-state index contributed by atoms with van der Waals surface area (Å²) in [5, 5.41) is 4.70. The van der Waals surface area contributed by atoms with Gasteiger partial charge in [0.15, 0.2) is 41.6 Å². The van der Waals surface area contributed by atoms with Crippen molar-refractivity contribution in [3.05, 3.63) is 136 Å². The number of fused-ring (bicyclic) bond motifs is 4. The van der Waals surface area contributed by atoms with Gasteiger partial charge in [-0.1, -0.05) is 36.4 Å². The molecule has 0 bridgehead atoms. The number of halogens is 6. The monoisotopic (exact) mass is 678 g/mol. The number of benzene rings is 5. The molecule has 2 aliphatic rings. The van der Waals surface area contributed by atoms with E-state index in [0.717, 1.165) is 51.6 Å². The molecule has 5 aromatic carbocycles. The Bertz CT molecular complexity index is 2510. The lowest BCUT2D eigenvalue weighted by molar-refractivity contribution is 0.194. The highest BCUT2D eigenvalue weighted by Gasteiger charge is 2.31. The minimum Gasteiger partial charge on any atom is -0.472 e. The molecule has 246 valence electrons. The van der Waals surface area contributed by atoms with E-state index < -0.39 is 34.9 Å². The number of nitrogens with zero attached hydrogens (tertiary/aromatic N) is 5. The van der Waals surface area contributed by atoms with Crippen LogP contribution in [0.2, 0.25) is 0 Å². The van der Waals surface area contributed by atoms with E-state index in [9.17, 15) is 26.3 Å². The second-order valence-electron chi connectivity index (χ2n) is 11.6. The fraction of sp³-hybridized carbons (Fsp3) is 0.0833. The molecule has 50 heavy (non-hydrogen) atoms. The van der Waals surface area contributed by atoms with Gasteiger partial charge in [-0.05, 0) is 53.4 Å². The third-order valence-electron chi connectivity index (χ3n) is 8.63. The third kappa shape index (κ3) is 5.06. The molecule has 1 aromatic heterocycles. The summed E-state index contributed by atoms with van der Waals surface area (Å²) in [5.74, 6) is -6.23. The molecule has 0 saturated carbocycles. The molecule has 6 aromatic rings. The first-order chi connectivity index (χ1) is 24.1. The molecule has 2 radical (unpaired) electrons. The van der Waals surface area contributed by atoms with Crippen molar-refractivity contribution in [1.29, 1.82) is 0 Å². The minimum atomic E-state index is -1.21. The van der Waals surface area contributed by atoms with E-state index in [0.29, 0.717) is 11.3 Å². The maximum Gasteiger partial charge on any atom is 0.238 e. The Balaban J connectivity index is 1.28. The normalized spacial score (nSPS) is 16.2. The number of aliphatic imine (C=N–C) groups is 3. The summed E-state index contributed by atoms with van der Waals surface area (Å²) in [5.41, 5.74) is 0.991. The Kier molecular flexibility index (Phi) is 7.39. The Morgan fingerprint density at radius 1 is 0.680 bits per heavy atom. The fourth-order valence-corrected chi connectivity index (χ4v) is 6.25. The van der Waals surface area contributed by atoms with E-state index in [1.165, 1.54) is 7.05 Å². The van der Waals surface area contributed by atoms with Gasteiger partial charge in [0.1, 0.15) is 34.9 Å². The van der Waals surface area contributed by atoms with Crippen LogP contribution in [0, 0.1) is 34.9 Å². The molecular weight excluding hydrogens is 657 g/mol. The van der Waals surface area contributed by atoms with Crippen molar-refractivity contribution in [2.75, 3.05) is 13.8 Å². The molecule has 0 saturated heterocycles. The van der Waals surface area contributed by atoms with Crippen LogP contribution in [0.25, 0.3) is 21.5 Å². The molecule has 0 fully saturated rings. The van der Waals surface area contributed by atoms with Crippen LogP contribution in [0.3, 0.4) is 0 Å². The summed E-state index contributed by atoms with van der Waals surface area (Å²) >= 11 is 0. The second kappa shape index (κ2) is 11.8. The highest BCUT2D eigenvalue weighted by molar-refractivity contribution is 6.27. The van der Waals surface area contributed by atoms with Crippen molar-refractivity contribution in [2.24, 2.45) is 15.0 Å². The van der Waals surface area contributed by atoms with Crippen molar-refractivity contribution in [3.63, 3.8) is 0 Å². The second-order valence-corrected chi connectivity index (χ2v) is 11.6. The van der Waals surface area contributed by atoms with Gasteiger partial charge in [0, 0.05) is 46.4 Å². The van der Waals surface area contributed by atoms with Crippen LogP contribution >= 0.6 is 0 Å². The van der Waals surface area contributed by atoms with Crippen LogP contribution in [0.4, 0.5) is 38.0 Å². The molecule has 7 nitrogen and oxygen atoms in total. The SMILES string of the molecule is [B]n1c(N=C2NC(=NC)c3cc(F)c(F)cc32)c2cc(F)c(F)cc2c1N=C1c2cc(F)c(F)cc2CN1COc1cccc2ccccc12. The minimum absolute atomic E-state index is 0.00316. The Hall–Kier alpha value is -6.05. The smallest absolute Gasteiger partial charge is 0.238 e. The van der Waals surface area contributed by atoms with Gasteiger partial charge < -0.3 is 19.4 Å². The average Bonchev–Trinajstić information content (AvgIpc) is 3.69. The van der Waals surface area contributed by atoms with Crippen LogP contribution in [0.5, 0.6) is 5.75 Å². The Morgan fingerprint density at radius 3 is 1.96 bits per heavy atom. The van der Waals surface area contributed by atoms with E-state index in [1.807, 2.05) is 36.4 Å². The highest BCUT2D eigenvalue weighted by atomic mass is 19.2. The molecule has 14 heteroatoms. The Labute approximate surface area is 281 Å². The van der Waals surface area contributed by atoms with Gasteiger partial charge in [-0.25, -0.2) is 36.3 Å². The van der Waals surface area contributed by atoms with Crippen molar-refractivity contribution in [3.8, 4) is 5.75 Å². The molecule has 0 unspecified atom stereocenters. The van der Waals surface area contributed by atoms with E-state index in [2.05, 4.69) is 15.3 Å². The number of nitrogens with one attached hydrogen (secondary N) is 1.